The Kier molecular flexibility index (Phi) is 6.57. The monoisotopic (exact) mass is 437 g/mol. The third-order valence-electron chi connectivity index (χ3n) is 5.42. The van der Waals surface area contributed by atoms with E-state index in [4.69, 9.17) is 16.0 Å². The number of urea groups is 1. The van der Waals surface area contributed by atoms with Gasteiger partial charge in [-0.1, -0.05) is 54.1 Å². The zero-order chi connectivity index (χ0) is 21.6. The number of benzene rings is 2. The van der Waals surface area contributed by atoms with Crippen molar-refractivity contribution in [3.8, 4) is 0 Å². The minimum atomic E-state index is -0.367. The molecule has 6 nitrogen and oxygen atoms in total. The number of hydrogen-bond acceptors (Lipinski definition) is 3. The number of nitrogens with zero attached hydrogens (tertiary/aromatic N) is 2. The molecular formula is C24H24ClN3O3. The number of carbonyl (C=O) groups excluding carboxylic acids is 2. The Balaban J connectivity index is 1.34. The minimum Gasteiger partial charge on any atom is -0.467 e. The summed E-state index contributed by atoms with van der Waals surface area (Å²) >= 11 is 5.91. The van der Waals surface area contributed by atoms with E-state index < -0.39 is 0 Å². The van der Waals surface area contributed by atoms with E-state index in [0.29, 0.717) is 43.4 Å². The molecule has 7 heteroatoms. The van der Waals surface area contributed by atoms with E-state index in [0.717, 1.165) is 11.1 Å². The molecule has 2 aromatic carbocycles. The Morgan fingerprint density at radius 3 is 2.23 bits per heavy atom. The summed E-state index contributed by atoms with van der Waals surface area (Å²) in [5, 5.41) is 3.72. The lowest BCUT2D eigenvalue weighted by Crippen LogP contribution is -2.53. The van der Waals surface area contributed by atoms with Gasteiger partial charge in [0.2, 0.25) is 5.91 Å². The van der Waals surface area contributed by atoms with E-state index in [2.05, 4.69) is 5.32 Å². The fourth-order valence-corrected chi connectivity index (χ4v) is 3.81. The average molecular weight is 438 g/mol. The molecule has 1 saturated heterocycles. The molecule has 0 spiro atoms. The van der Waals surface area contributed by atoms with Gasteiger partial charge in [-0.3, -0.25) is 4.79 Å². The highest BCUT2D eigenvalue weighted by atomic mass is 35.5. The number of rotatable bonds is 5. The molecular weight excluding hydrogens is 414 g/mol. The lowest BCUT2D eigenvalue weighted by atomic mass is 10.0. The van der Waals surface area contributed by atoms with Gasteiger partial charge < -0.3 is 19.5 Å². The maximum atomic E-state index is 12.9. The number of furan rings is 1. The van der Waals surface area contributed by atoms with Crippen molar-refractivity contribution < 1.29 is 14.0 Å². The Labute approximate surface area is 186 Å². The smallest absolute Gasteiger partial charge is 0.318 e. The fourth-order valence-electron chi connectivity index (χ4n) is 3.68. The molecule has 3 amide bonds. The van der Waals surface area contributed by atoms with Gasteiger partial charge in [0.05, 0.1) is 12.7 Å². The quantitative estimate of drug-likeness (QED) is 0.653. The average Bonchev–Trinajstić information content (AvgIpc) is 3.34. The van der Waals surface area contributed by atoms with Gasteiger partial charge in [-0.2, -0.15) is 0 Å². The normalized spacial score (nSPS) is 14.9. The number of amides is 3. The number of piperazine rings is 1. The molecule has 1 fully saturated rings. The van der Waals surface area contributed by atoms with E-state index in [-0.39, 0.29) is 18.0 Å². The molecule has 1 aliphatic heterocycles. The summed E-state index contributed by atoms with van der Waals surface area (Å²) in [6.07, 6.45) is 1.93. The summed E-state index contributed by atoms with van der Waals surface area (Å²) in [7, 11) is 0. The molecule has 3 aromatic rings. The van der Waals surface area contributed by atoms with Crippen molar-refractivity contribution in [1.82, 2.24) is 15.1 Å². The highest BCUT2D eigenvalue weighted by molar-refractivity contribution is 6.30. The largest absolute Gasteiger partial charge is 0.467 e. The van der Waals surface area contributed by atoms with E-state index in [1.54, 1.807) is 28.2 Å². The van der Waals surface area contributed by atoms with Crippen LogP contribution < -0.4 is 5.32 Å². The van der Waals surface area contributed by atoms with E-state index in [1.165, 1.54) is 0 Å². The zero-order valence-electron chi connectivity index (χ0n) is 17.0. The third-order valence-corrected chi connectivity index (χ3v) is 5.67. The van der Waals surface area contributed by atoms with E-state index in [9.17, 15) is 9.59 Å². The van der Waals surface area contributed by atoms with Crippen LogP contribution in [0, 0.1) is 0 Å². The molecule has 160 valence electrons. The predicted octanol–water partition coefficient (Wildman–Crippen LogP) is 4.12. The van der Waals surface area contributed by atoms with Gasteiger partial charge >= 0.3 is 6.03 Å². The molecule has 0 aliphatic carbocycles. The molecule has 1 aliphatic rings. The minimum absolute atomic E-state index is 0.0557. The van der Waals surface area contributed by atoms with E-state index in [1.807, 2.05) is 54.6 Å². The summed E-state index contributed by atoms with van der Waals surface area (Å²) in [4.78, 5) is 29.1. The number of hydrogen-bond donors (Lipinski definition) is 1. The number of nitrogens with one attached hydrogen (secondary N) is 1. The van der Waals surface area contributed by atoms with Gasteiger partial charge in [-0.15, -0.1) is 0 Å². The molecule has 1 aromatic heterocycles. The van der Waals surface area contributed by atoms with Crippen LogP contribution in [-0.2, 0) is 11.2 Å². The second-order valence-corrected chi connectivity index (χ2v) is 7.92. The van der Waals surface area contributed by atoms with Gasteiger partial charge in [-0.05, 0) is 35.4 Å². The van der Waals surface area contributed by atoms with Crippen LogP contribution in [0.3, 0.4) is 0 Å². The van der Waals surface area contributed by atoms with Crippen LogP contribution >= 0.6 is 11.6 Å². The molecule has 31 heavy (non-hydrogen) atoms. The second-order valence-electron chi connectivity index (χ2n) is 7.48. The van der Waals surface area contributed by atoms with Crippen LogP contribution in [0.15, 0.2) is 77.4 Å². The standard InChI is InChI=1S/C24H24ClN3O3/c25-20-10-8-18(9-11-20)17-22(29)27-12-14-28(15-13-27)24(30)26-23(21-7-4-16-31-21)19-5-2-1-3-6-19/h1-11,16,23H,12-15,17H2,(H,26,30). The second kappa shape index (κ2) is 9.71. The first-order valence-electron chi connectivity index (χ1n) is 10.3. The Bertz CT molecular complexity index is 998. The molecule has 1 unspecified atom stereocenters. The summed E-state index contributed by atoms with van der Waals surface area (Å²) in [5.74, 6) is 0.733. The Morgan fingerprint density at radius 2 is 1.58 bits per heavy atom. The number of halogens is 1. The molecule has 0 radical (unpaired) electrons. The predicted molar refractivity (Wildman–Crippen MR) is 119 cm³/mol. The van der Waals surface area contributed by atoms with Gasteiger partial charge in [0, 0.05) is 31.2 Å². The maximum Gasteiger partial charge on any atom is 0.318 e. The van der Waals surface area contributed by atoms with Crippen LogP contribution in [0.5, 0.6) is 0 Å². The molecule has 1 N–H and O–H groups in total. The van der Waals surface area contributed by atoms with Crippen LogP contribution in [-0.4, -0.2) is 47.9 Å². The highest BCUT2D eigenvalue weighted by Crippen LogP contribution is 2.23. The van der Waals surface area contributed by atoms with Crippen molar-refractivity contribution in [2.45, 2.75) is 12.5 Å². The van der Waals surface area contributed by atoms with Crippen molar-refractivity contribution in [2.75, 3.05) is 26.2 Å². The van der Waals surface area contributed by atoms with Crippen LogP contribution in [0.4, 0.5) is 4.79 Å². The summed E-state index contributed by atoms with van der Waals surface area (Å²) in [6.45, 7) is 1.99. The fraction of sp³-hybridized carbons (Fsp3) is 0.250. The first kappa shape index (κ1) is 21.0. The van der Waals surface area contributed by atoms with Crippen molar-refractivity contribution >= 4 is 23.5 Å². The molecule has 0 bridgehead atoms. The first-order valence-corrected chi connectivity index (χ1v) is 10.6. The lowest BCUT2D eigenvalue weighted by molar-refractivity contribution is -0.131. The van der Waals surface area contributed by atoms with Crippen molar-refractivity contribution in [2.24, 2.45) is 0 Å². The van der Waals surface area contributed by atoms with Crippen LogP contribution in [0.1, 0.15) is 22.9 Å². The number of carbonyl (C=O) groups is 2. The summed E-state index contributed by atoms with van der Waals surface area (Å²) < 4.78 is 5.56. The van der Waals surface area contributed by atoms with Crippen molar-refractivity contribution in [1.29, 1.82) is 0 Å². The van der Waals surface area contributed by atoms with Crippen LogP contribution in [0.2, 0.25) is 5.02 Å². The topological polar surface area (TPSA) is 65.8 Å². The van der Waals surface area contributed by atoms with Crippen LogP contribution in [0.25, 0.3) is 0 Å². The molecule has 0 saturated carbocycles. The summed E-state index contributed by atoms with van der Waals surface area (Å²) in [5.41, 5.74) is 1.88. The maximum absolute atomic E-state index is 12.9. The zero-order valence-corrected chi connectivity index (χ0v) is 17.8. The highest BCUT2D eigenvalue weighted by Gasteiger charge is 2.27. The summed E-state index contributed by atoms with van der Waals surface area (Å²) in [6, 6.07) is 20.1. The molecule has 4 rings (SSSR count). The van der Waals surface area contributed by atoms with Gasteiger partial charge in [-0.25, -0.2) is 4.79 Å². The van der Waals surface area contributed by atoms with Gasteiger partial charge in [0.1, 0.15) is 11.8 Å². The van der Waals surface area contributed by atoms with E-state index >= 15 is 0 Å². The molecule has 1 atom stereocenters. The van der Waals surface area contributed by atoms with Crippen molar-refractivity contribution in [3.05, 3.63) is 94.9 Å². The van der Waals surface area contributed by atoms with Gasteiger partial charge in [0.15, 0.2) is 0 Å². The third kappa shape index (κ3) is 5.27. The lowest BCUT2D eigenvalue weighted by Gasteiger charge is -2.35. The first-order chi connectivity index (χ1) is 15.1. The Hall–Kier alpha value is -3.25. The van der Waals surface area contributed by atoms with Gasteiger partial charge in [0.25, 0.3) is 0 Å². The SMILES string of the molecule is O=C(Cc1ccc(Cl)cc1)N1CCN(C(=O)NC(c2ccccc2)c2ccco2)CC1. The van der Waals surface area contributed by atoms with Crippen molar-refractivity contribution in [3.63, 3.8) is 0 Å². The Morgan fingerprint density at radius 1 is 0.903 bits per heavy atom. The molecule has 2 heterocycles.